The summed E-state index contributed by atoms with van der Waals surface area (Å²) in [5, 5.41) is 0.0968. The van der Waals surface area contributed by atoms with Gasteiger partial charge in [-0.2, -0.15) is 0 Å². The summed E-state index contributed by atoms with van der Waals surface area (Å²) in [6.07, 6.45) is 17.1. The maximum absolute atomic E-state index is 13.3. The van der Waals surface area contributed by atoms with Crippen LogP contribution in [0.3, 0.4) is 0 Å². The number of hydrogen-bond donors (Lipinski definition) is 0. The van der Waals surface area contributed by atoms with Gasteiger partial charge >= 0.3 is 0 Å². The predicted octanol–water partition coefficient (Wildman–Crippen LogP) is 6.64. The van der Waals surface area contributed by atoms with Crippen molar-refractivity contribution in [2.75, 3.05) is 0 Å². The zero-order chi connectivity index (χ0) is 18.4. The molecule has 0 unspecified atom stereocenters. The van der Waals surface area contributed by atoms with E-state index >= 15 is 0 Å². The van der Waals surface area contributed by atoms with E-state index in [9.17, 15) is 4.39 Å². The first-order chi connectivity index (χ1) is 12.7. The van der Waals surface area contributed by atoms with Gasteiger partial charge in [-0.15, -0.1) is 0 Å². The molecule has 0 bridgehead atoms. The van der Waals surface area contributed by atoms with Crippen LogP contribution in [0.25, 0.3) is 11.4 Å². The lowest BCUT2D eigenvalue weighted by Crippen LogP contribution is -2.13. The second-order valence-corrected chi connectivity index (χ2v) is 7.61. The van der Waals surface area contributed by atoms with Crippen molar-refractivity contribution in [3.63, 3.8) is 0 Å². The van der Waals surface area contributed by atoms with E-state index < -0.39 is 5.82 Å². The van der Waals surface area contributed by atoms with Crippen molar-refractivity contribution in [3.05, 3.63) is 59.1 Å². The second-order valence-electron chi connectivity index (χ2n) is 7.20. The van der Waals surface area contributed by atoms with Gasteiger partial charge in [-0.05, 0) is 80.5 Å². The average molecular weight is 373 g/mol. The summed E-state index contributed by atoms with van der Waals surface area (Å²) in [5.74, 6) is 1.76. The Morgan fingerprint density at radius 3 is 2.54 bits per heavy atom. The Bertz CT molecular complexity index is 734. The molecule has 2 nitrogen and oxygen atoms in total. The van der Waals surface area contributed by atoms with Gasteiger partial charge in [0.25, 0.3) is 0 Å². The molecule has 26 heavy (non-hydrogen) atoms. The van der Waals surface area contributed by atoms with Crippen LogP contribution in [0.15, 0.2) is 42.7 Å². The van der Waals surface area contributed by atoms with E-state index in [2.05, 4.69) is 29.0 Å². The zero-order valence-corrected chi connectivity index (χ0v) is 16.1. The van der Waals surface area contributed by atoms with E-state index in [1.807, 2.05) is 12.4 Å². The molecule has 1 aromatic heterocycles. The standard InChI is InChI=1S/C22H26ClFN2/c1-2-3-4-16-5-7-17(8-6-16)9-10-18-14-25-22(26-15-18)19-11-12-21(24)20(23)13-19/h3-4,11-17H,2,5-10H2,1H3/b4-3+/t16-,17-. The fraction of sp³-hybridized carbons (Fsp3) is 0.455. The normalized spacial score (nSPS) is 20.6. The maximum atomic E-state index is 13.3. The molecule has 0 saturated heterocycles. The number of rotatable bonds is 6. The molecule has 1 heterocycles. The van der Waals surface area contributed by atoms with Crippen molar-refractivity contribution in [2.45, 2.75) is 51.9 Å². The highest BCUT2D eigenvalue weighted by molar-refractivity contribution is 6.31. The van der Waals surface area contributed by atoms with Crippen molar-refractivity contribution < 1.29 is 4.39 Å². The highest BCUT2D eigenvalue weighted by Crippen LogP contribution is 2.32. The number of allylic oxidation sites excluding steroid dienone is 2. The van der Waals surface area contributed by atoms with E-state index in [0.29, 0.717) is 5.82 Å². The van der Waals surface area contributed by atoms with Gasteiger partial charge in [0.15, 0.2) is 5.82 Å². The lowest BCUT2D eigenvalue weighted by Gasteiger charge is -2.26. The fourth-order valence-electron chi connectivity index (χ4n) is 3.64. The summed E-state index contributed by atoms with van der Waals surface area (Å²) in [5.41, 5.74) is 1.90. The third-order valence-corrected chi connectivity index (χ3v) is 5.55. The molecule has 1 aliphatic rings. The molecule has 0 radical (unpaired) electrons. The van der Waals surface area contributed by atoms with Gasteiger partial charge in [-0.25, -0.2) is 14.4 Å². The number of benzene rings is 1. The minimum atomic E-state index is -0.424. The van der Waals surface area contributed by atoms with Crippen LogP contribution in [0.1, 0.15) is 51.0 Å². The summed E-state index contributed by atoms with van der Waals surface area (Å²) in [6, 6.07) is 4.57. The van der Waals surface area contributed by atoms with Crippen LogP contribution in [0.2, 0.25) is 5.02 Å². The van der Waals surface area contributed by atoms with Crippen molar-refractivity contribution in [2.24, 2.45) is 11.8 Å². The molecule has 0 aliphatic heterocycles. The molecular weight excluding hydrogens is 347 g/mol. The van der Waals surface area contributed by atoms with Crippen LogP contribution in [0.4, 0.5) is 4.39 Å². The van der Waals surface area contributed by atoms with E-state index in [0.717, 1.165) is 35.8 Å². The molecule has 1 saturated carbocycles. The summed E-state index contributed by atoms with van der Waals surface area (Å²) in [7, 11) is 0. The summed E-state index contributed by atoms with van der Waals surface area (Å²) in [4.78, 5) is 8.86. The van der Waals surface area contributed by atoms with E-state index in [1.165, 1.54) is 38.2 Å². The highest BCUT2D eigenvalue weighted by atomic mass is 35.5. The van der Waals surface area contributed by atoms with E-state index in [-0.39, 0.29) is 5.02 Å². The summed E-state index contributed by atoms with van der Waals surface area (Å²) >= 11 is 5.83. The zero-order valence-electron chi connectivity index (χ0n) is 15.3. The molecule has 1 aliphatic carbocycles. The molecule has 4 heteroatoms. The smallest absolute Gasteiger partial charge is 0.159 e. The van der Waals surface area contributed by atoms with E-state index in [1.54, 1.807) is 12.1 Å². The number of halogens is 2. The Labute approximate surface area is 160 Å². The second kappa shape index (κ2) is 9.27. The average Bonchev–Trinajstić information content (AvgIpc) is 2.68. The number of hydrogen-bond acceptors (Lipinski definition) is 2. The minimum absolute atomic E-state index is 0.0968. The molecule has 3 rings (SSSR count). The topological polar surface area (TPSA) is 25.8 Å². The van der Waals surface area contributed by atoms with Gasteiger partial charge in [-0.3, -0.25) is 0 Å². The summed E-state index contributed by atoms with van der Waals surface area (Å²) < 4.78 is 13.3. The fourth-order valence-corrected chi connectivity index (χ4v) is 3.82. The molecule has 0 N–H and O–H groups in total. The Morgan fingerprint density at radius 2 is 1.88 bits per heavy atom. The highest BCUT2D eigenvalue weighted by Gasteiger charge is 2.19. The molecule has 0 atom stereocenters. The van der Waals surface area contributed by atoms with Crippen LogP contribution in [-0.2, 0) is 6.42 Å². The van der Waals surface area contributed by atoms with Crippen LogP contribution in [0, 0.1) is 17.7 Å². The SMILES string of the molecule is CC/C=C/[C@H]1CC[C@H](CCc2cnc(-c3ccc(F)c(Cl)c3)nc2)CC1. The Morgan fingerprint density at radius 1 is 1.15 bits per heavy atom. The molecule has 0 spiro atoms. The van der Waals surface area contributed by atoms with Gasteiger partial charge in [0.1, 0.15) is 5.82 Å². The van der Waals surface area contributed by atoms with Gasteiger partial charge < -0.3 is 0 Å². The Kier molecular flexibility index (Phi) is 6.79. The van der Waals surface area contributed by atoms with Crippen molar-refractivity contribution in [3.8, 4) is 11.4 Å². The third kappa shape index (κ3) is 5.14. The minimum Gasteiger partial charge on any atom is -0.236 e. The Hall–Kier alpha value is -1.74. The van der Waals surface area contributed by atoms with Crippen LogP contribution in [0.5, 0.6) is 0 Å². The number of aromatic nitrogens is 2. The first kappa shape index (κ1) is 19.0. The predicted molar refractivity (Wildman–Crippen MR) is 106 cm³/mol. The molecule has 1 aromatic carbocycles. The van der Waals surface area contributed by atoms with Crippen molar-refractivity contribution in [1.29, 1.82) is 0 Å². The number of aryl methyl sites for hydroxylation is 1. The molecular formula is C22H26ClFN2. The van der Waals surface area contributed by atoms with Crippen LogP contribution in [-0.4, -0.2) is 9.97 Å². The number of nitrogens with zero attached hydrogens (tertiary/aromatic N) is 2. The largest absolute Gasteiger partial charge is 0.236 e. The first-order valence-corrected chi connectivity index (χ1v) is 9.96. The maximum Gasteiger partial charge on any atom is 0.159 e. The summed E-state index contributed by atoms with van der Waals surface area (Å²) in [6.45, 7) is 2.19. The third-order valence-electron chi connectivity index (χ3n) is 5.26. The first-order valence-electron chi connectivity index (χ1n) is 9.58. The Balaban J connectivity index is 1.50. The van der Waals surface area contributed by atoms with Crippen LogP contribution >= 0.6 is 11.6 Å². The van der Waals surface area contributed by atoms with Crippen LogP contribution < -0.4 is 0 Å². The van der Waals surface area contributed by atoms with Gasteiger partial charge in [0.2, 0.25) is 0 Å². The van der Waals surface area contributed by atoms with Gasteiger partial charge in [0.05, 0.1) is 5.02 Å². The lowest BCUT2D eigenvalue weighted by molar-refractivity contribution is 0.296. The van der Waals surface area contributed by atoms with E-state index in [4.69, 9.17) is 11.6 Å². The molecule has 2 aromatic rings. The van der Waals surface area contributed by atoms with Crippen molar-refractivity contribution >= 4 is 11.6 Å². The monoisotopic (exact) mass is 372 g/mol. The molecule has 0 amide bonds. The lowest BCUT2D eigenvalue weighted by atomic mass is 9.79. The van der Waals surface area contributed by atoms with Gasteiger partial charge in [0, 0.05) is 18.0 Å². The molecule has 1 fully saturated rings. The quantitative estimate of drug-likeness (QED) is 0.531. The van der Waals surface area contributed by atoms with Crippen molar-refractivity contribution in [1.82, 2.24) is 9.97 Å². The van der Waals surface area contributed by atoms with Gasteiger partial charge in [-0.1, -0.05) is 30.7 Å². The molecule has 138 valence electrons.